The summed E-state index contributed by atoms with van der Waals surface area (Å²) in [6, 6.07) is 5.71. The average molecular weight is 242 g/mol. The number of carbonyl (C=O) groups excluding carboxylic acids is 1. The molecule has 1 aromatic rings. The number of rotatable bonds is 3. The molecule has 0 bridgehead atoms. The van der Waals surface area contributed by atoms with E-state index in [-0.39, 0.29) is 0 Å². The van der Waals surface area contributed by atoms with Crippen molar-refractivity contribution in [2.24, 2.45) is 0 Å². The molecule has 0 saturated carbocycles. The van der Waals surface area contributed by atoms with Crippen LogP contribution in [-0.2, 0) is 4.74 Å². The first-order valence-corrected chi connectivity index (χ1v) is 6.61. The Morgan fingerprint density at radius 3 is 2.53 bits per heavy atom. The second-order valence-electron chi connectivity index (χ2n) is 2.63. The van der Waals surface area contributed by atoms with E-state index in [9.17, 15) is 4.79 Å². The number of hydrogen-bond donors (Lipinski definition) is 1. The monoisotopic (exact) mass is 242 g/mol. The predicted octanol–water partition coefficient (Wildman–Crippen LogP) is 3.47. The lowest BCUT2D eigenvalue weighted by molar-refractivity contribution is 0.199. The fourth-order valence-corrected chi connectivity index (χ4v) is 2.55. The number of hydrogen-bond acceptors (Lipinski definition) is 4. The molecule has 0 aliphatic rings. The van der Waals surface area contributed by atoms with E-state index in [2.05, 4.69) is 17.2 Å². The van der Waals surface area contributed by atoms with Gasteiger partial charge in [0.15, 0.2) is 0 Å². The Morgan fingerprint density at radius 2 is 2.00 bits per heavy atom. The molecule has 15 heavy (non-hydrogen) atoms. The zero-order valence-electron chi connectivity index (χ0n) is 8.57. The molecule has 3 nitrogen and oxygen atoms in total. The van der Waals surface area contributed by atoms with E-state index in [1.165, 1.54) is 4.90 Å². The molecule has 1 rings (SSSR count). The maximum atomic E-state index is 10.9. The second kappa shape index (κ2) is 5.92. The number of benzene rings is 1. The van der Waals surface area contributed by atoms with Gasteiger partial charge in [-0.15, -0.1) is 23.5 Å². The summed E-state index contributed by atoms with van der Waals surface area (Å²) in [6.07, 6.45) is 3.46. The first kappa shape index (κ1) is 12.3. The van der Waals surface area contributed by atoms with Gasteiger partial charge in [0.25, 0.3) is 0 Å². The summed E-state index contributed by atoms with van der Waals surface area (Å²) in [5.41, 5.74) is 0.714. The molecule has 0 spiro atoms. The molecule has 0 atom stereocenters. The summed E-state index contributed by atoms with van der Waals surface area (Å²) in [5, 5.41) is 2.57. The van der Waals surface area contributed by atoms with E-state index in [1.807, 2.05) is 30.7 Å². The van der Waals surface area contributed by atoms with Crippen molar-refractivity contribution in [3.63, 3.8) is 0 Å². The van der Waals surface area contributed by atoms with Crippen LogP contribution in [0.4, 0.5) is 10.5 Å². The number of amides is 1. The van der Waals surface area contributed by atoms with Crippen LogP contribution in [0.5, 0.6) is 0 Å². The van der Waals surface area contributed by atoms with Gasteiger partial charge >= 0.3 is 6.09 Å². The van der Waals surface area contributed by atoms with Crippen LogP contribution >= 0.6 is 23.5 Å². The number of ether oxygens (including phenoxy) is 1. The Kier molecular flexibility index (Phi) is 4.84. The summed E-state index contributed by atoms with van der Waals surface area (Å²) in [4.78, 5) is 13.2. The zero-order valence-corrected chi connectivity index (χ0v) is 10.2. The van der Waals surface area contributed by atoms with Crippen LogP contribution in [-0.4, -0.2) is 18.6 Å². The van der Waals surface area contributed by atoms with Crippen molar-refractivity contribution < 1.29 is 9.53 Å². The molecule has 0 saturated heterocycles. The van der Waals surface area contributed by atoms with Crippen LogP contribution in [0, 0.1) is 7.11 Å². The Morgan fingerprint density at radius 1 is 1.33 bits per heavy atom. The molecular formula is C10H12NO2S2. The van der Waals surface area contributed by atoms with Gasteiger partial charge < -0.3 is 4.74 Å². The lowest BCUT2D eigenvalue weighted by Crippen LogP contribution is -2.09. The molecule has 81 valence electrons. The maximum Gasteiger partial charge on any atom is 0.411 e. The van der Waals surface area contributed by atoms with Crippen LogP contribution in [0.25, 0.3) is 0 Å². The molecule has 0 aromatic heterocycles. The molecule has 5 heteroatoms. The van der Waals surface area contributed by atoms with E-state index in [0.717, 1.165) is 4.90 Å². The first-order valence-electron chi connectivity index (χ1n) is 4.16. The normalized spacial score (nSPS) is 9.80. The maximum absolute atomic E-state index is 10.9. The molecule has 1 N–H and O–H groups in total. The summed E-state index contributed by atoms with van der Waals surface area (Å²) in [5.74, 6) is 0. The fraction of sp³-hybridized carbons (Fsp3) is 0.200. The minimum atomic E-state index is -0.557. The highest BCUT2D eigenvalue weighted by Crippen LogP contribution is 2.30. The van der Waals surface area contributed by atoms with Gasteiger partial charge in [0.1, 0.15) is 7.11 Å². The van der Waals surface area contributed by atoms with Gasteiger partial charge in [-0.1, -0.05) is 0 Å². The molecule has 0 aliphatic heterocycles. The highest BCUT2D eigenvalue weighted by Gasteiger charge is 2.04. The first-order chi connectivity index (χ1) is 7.21. The van der Waals surface area contributed by atoms with Crippen LogP contribution in [0.15, 0.2) is 28.0 Å². The number of anilines is 1. The number of thioether (sulfide) groups is 2. The Bertz CT molecular complexity index is 355. The molecule has 1 amide bonds. The summed E-state index contributed by atoms with van der Waals surface area (Å²) < 4.78 is 4.27. The molecule has 0 heterocycles. The average Bonchev–Trinajstić information content (AvgIpc) is 2.28. The number of nitrogens with one attached hydrogen (secondary N) is 1. The van der Waals surface area contributed by atoms with Gasteiger partial charge in [0, 0.05) is 15.5 Å². The summed E-state index contributed by atoms with van der Waals surface area (Å²) >= 11 is 3.32. The lowest BCUT2D eigenvalue weighted by atomic mass is 10.3. The van der Waals surface area contributed by atoms with E-state index < -0.39 is 6.09 Å². The van der Waals surface area contributed by atoms with Crippen LogP contribution < -0.4 is 5.32 Å². The largest absolute Gasteiger partial charge is 0.446 e. The van der Waals surface area contributed by atoms with E-state index in [4.69, 9.17) is 0 Å². The molecule has 0 fully saturated rings. The van der Waals surface area contributed by atoms with Crippen molar-refractivity contribution in [3.8, 4) is 0 Å². The predicted molar refractivity (Wildman–Crippen MR) is 65.5 cm³/mol. The van der Waals surface area contributed by atoms with Crippen molar-refractivity contribution in [1.29, 1.82) is 0 Å². The molecular weight excluding hydrogens is 230 g/mol. The minimum absolute atomic E-state index is 0.557. The van der Waals surface area contributed by atoms with Gasteiger partial charge in [-0.2, -0.15) is 0 Å². The van der Waals surface area contributed by atoms with Crippen molar-refractivity contribution in [1.82, 2.24) is 0 Å². The quantitative estimate of drug-likeness (QED) is 0.824. The Labute approximate surface area is 98.0 Å². The van der Waals surface area contributed by atoms with Crippen molar-refractivity contribution in [2.45, 2.75) is 9.79 Å². The summed E-state index contributed by atoms with van der Waals surface area (Å²) in [7, 11) is 3.04. The third-order valence-corrected chi connectivity index (χ3v) is 3.46. The molecule has 1 radical (unpaired) electrons. The third kappa shape index (κ3) is 3.35. The van der Waals surface area contributed by atoms with E-state index >= 15 is 0 Å². The van der Waals surface area contributed by atoms with Crippen LogP contribution in [0.2, 0.25) is 0 Å². The van der Waals surface area contributed by atoms with Crippen molar-refractivity contribution >= 4 is 35.3 Å². The smallest absolute Gasteiger partial charge is 0.411 e. The molecule has 0 aliphatic carbocycles. The molecule has 0 unspecified atom stereocenters. The fourth-order valence-electron chi connectivity index (χ4n) is 1.07. The Hall–Kier alpha value is -0.810. The van der Waals surface area contributed by atoms with Crippen LogP contribution in [0.3, 0.4) is 0 Å². The second-order valence-corrected chi connectivity index (χ2v) is 4.32. The molecule has 1 aromatic carbocycles. The van der Waals surface area contributed by atoms with Gasteiger partial charge in [-0.3, -0.25) is 5.32 Å². The van der Waals surface area contributed by atoms with Crippen molar-refractivity contribution in [2.75, 3.05) is 17.8 Å². The third-order valence-electron chi connectivity index (χ3n) is 1.76. The van der Waals surface area contributed by atoms with Gasteiger partial charge in [0.2, 0.25) is 0 Å². The van der Waals surface area contributed by atoms with E-state index in [1.54, 1.807) is 23.5 Å². The van der Waals surface area contributed by atoms with Gasteiger partial charge in [-0.25, -0.2) is 4.79 Å². The van der Waals surface area contributed by atoms with E-state index in [0.29, 0.717) is 5.69 Å². The topological polar surface area (TPSA) is 38.3 Å². The SMILES string of the molecule is [CH2]OC(=O)Nc1ccc(SC)c(SC)c1. The summed E-state index contributed by atoms with van der Waals surface area (Å²) in [6.45, 7) is 0. The zero-order chi connectivity index (χ0) is 11.3. The standard InChI is InChI=1S/C10H12NO2S2/c1-13-10(12)11-7-4-5-8(14-2)9(6-7)15-3/h4-6H,1H2,2-3H3,(H,11,12). The van der Waals surface area contributed by atoms with Crippen molar-refractivity contribution in [3.05, 3.63) is 25.3 Å². The highest BCUT2D eigenvalue weighted by molar-refractivity contribution is 8.01. The minimum Gasteiger partial charge on any atom is -0.446 e. The van der Waals surface area contributed by atoms with Gasteiger partial charge in [-0.05, 0) is 30.7 Å². The van der Waals surface area contributed by atoms with Gasteiger partial charge in [0.05, 0.1) is 0 Å². The number of carbonyl (C=O) groups is 1. The Balaban J connectivity index is 2.88. The lowest BCUT2D eigenvalue weighted by Gasteiger charge is -2.08. The highest BCUT2D eigenvalue weighted by atomic mass is 32.2. The van der Waals surface area contributed by atoms with Crippen LogP contribution in [0.1, 0.15) is 0 Å².